The summed E-state index contributed by atoms with van der Waals surface area (Å²) >= 11 is 2.23. The topological polar surface area (TPSA) is 42.7 Å². The van der Waals surface area contributed by atoms with Gasteiger partial charge in [0.05, 0.1) is 6.54 Å². The Bertz CT molecular complexity index is 663. The van der Waals surface area contributed by atoms with Crippen LogP contribution in [0, 0.1) is 10.5 Å². The third-order valence-corrected chi connectivity index (χ3v) is 4.26. The number of nitrogens with zero attached hydrogens (tertiary/aromatic N) is 1. The van der Waals surface area contributed by atoms with Gasteiger partial charge in [0.2, 0.25) is 0 Å². The highest BCUT2D eigenvalue weighted by molar-refractivity contribution is 14.1. The van der Waals surface area contributed by atoms with Crippen molar-refractivity contribution in [3.05, 3.63) is 51.5 Å². The molecule has 116 valence electrons. The fourth-order valence-corrected chi connectivity index (χ4v) is 2.84. The van der Waals surface area contributed by atoms with Gasteiger partial charge < -0.3 is 14.1 Å². The van der Waals surface area contributed by atoms with Crippen LogP contribution in [0.25, 0.3) is 0 Å². The van der Waals surface area contributed by atoms with Crippen LogP contribution in [0.5, 0.6) is 5.75 Å². The van der Waals surface area contributed by atoms with Gasteiger partial charge in [0.25, 0.3) is 5.91 Å². The zero-order valence-electron chi connectivity index (χ0n) is 12.4. The predicted molar refractivity (Wildman–Crippen MR) is 91.7 cm³/mol. The molecule has 3 rings (SSSR count). The lowest BCUT2D eigenvalue weighted by molar-refractivity contribution is -0.134. The lowest BCUT2D eigenvalue weighted by atomic mass is 10.3. The first-order chi connectivity index (χ1) is 10.6. The number of aryl methyl sites for hydroxylation is 1. The van der Waals surface area contributed by atoms with Gasteiger partial charge in [-0.3, -0.25) is 4.79 Å². The smallest absolute Gasteiger partial charge is 0.261 e. The van der Waals surface area contributed by atoms with Crippen LogP contribution in [0.2, 0.25) is 0 Å². The standard InChI is InChI=1S/C17H18INO3/c1-12-5-8-16(22-12)10-19(14-6-7-14)17(20)11-21-15-4-2-3-13(18)9-15/h2-5,8-9,14H,6-7,10-11H2,1H3. The summed E-state index contributed by atoms with van der Waals surface area (Å²) in [6.45, 7) is 2.50. The van der Waals surface area contributed by atoms with Crippen LogP contribution in [0.3, 0.4) is 0 Å². The van der Waals surface area contributed by atoms with E-state index in [1.54, 1.807) is 0 Å². The van der Waals surface area contributed by atoms with Gasteiger partial charge in [0, 0.05) is 9.61 Å². The molecule has 5 heteroatoms. The van der Waals surface area contributed by atoms with E-state index in [2.05, 4.69) is 22.6 Å². The summed E-state index contributed by atoms with van der Waals surface area (Å²) in [5.41, 5.74) is 0. The van der Waals surface area contributed by atoms with E-state index in [0.29, 0.717) is 12.6 Å². The highest BCUT2D eigenvalue weighted by Crippen LogP contribution is 2.29. The number of ether oxygens (including phenoxy) is 1. The molecule has 0 saturated heterocycles. The molecule has 1 aliphatic rings. The van der Waals surface area contributed by atoms with Crippen molar-refractivity contribution < 1.29 is 13.9 Å². The number of benzene rings is 1. The molecule has 2 aromatic rings. The monoisotopic (exact) mass is 411 g/mol. The van der Waals surface area contributed by atoms with Crippen molar-refractivity contribution in [3.8, 4) is 5.75 Å². The molecule has 0 aliphatic heterocycles. The molecule has 22 heavy (non-hydrogen) atoms. The molecule has 4 nitrogen and oxygen atoms in total. The van der Waals surface area contributed by atoms with Crippen LogP contribution < -0.4 is 4.74 Å². The predicted octanol–water partition coefficient (Wildman–Crippen LogP) is 3.76. The van der Waals surface area contributed by atoms with Crippen LogP contribution in [0.1, 0.15) is 24.4 Å². The number of amides is 1. The van der Waals surface area contributed by atoms with Crippen molar-refractivity contribution in [3.63, 3.8) is 0 Å². The minimum atomic E-state index is 0.00964. The normalized spacial score (nSPS) is 13.9. The van der Waals surface area contributed by atoms with E-state index in [-0.39, 0.29) is 12.5 Å². The van der Waals surface area contributed by atoms with Crippen molar-refractivity contribution in [1.29, 1.82) is 0 Å². The summed E-state index contributed by atoms with van der Waals surface area (Å²) in [4.78, 5) is 14.3. The molecule has 0 N–H and O–H groups in total. The lowest BCUT2D eigenvalue weighted by Gasteiger charge is -2.21. The lowest BCUT2D eigenvalue weighted by Crippen LogP contribution is -2.36. The summed E-state index contributed by atoms with van der Waals surface area (Å²) < 4.78 is 12.3. The Morgan fingerprint density at radius 2 is 2.18 bits per heavy atom. The molecule has 1 heterocycles. The molecular formula is C17H18INO3. The van der Waals surface area contributed by atoms with Crippen LogP contribution in [0.15, 0.2) is 40.8 Å². The van der Waals surface area contributed by atoms with Crippen molar-refractivity contribution in [2.24, 2.45) is 0 Å². The first kappa shape index (κ1) is 15.4. The second-order valence-electron chi connectivity index (χ2n) is 5.51. The maximum Gasteiger partial charge on any atom is 0.261 e. The molecule has 1 saturated carbocycles. The molecule has 1 fully saturated rings. The summed E-state index contributed by atoms with van der Waals surface area (Å²) in [6, 6.07) is 11.9. The molecule has 0 unspecified atom stereocenters. The number of hydrogen-bond donors (Lipinski definition) is 0. The van der Waals surface area contributed by atoms with Gasteiger partial charge >= 0.3 is 0 Å². The number of carbonyl (C=O) groups is 1. The van der Waals surface area contributed by atoms with Crippen molar-refractivity contribution >= 4 is 28.5 Å². The Morgan fingerprint density at radius 1 is 1.36 bits per heavy atom. The fourth-order valence-electron chi connectivity index (χ4n) is 2.33. The zero-order valence-corrected chi connectivity index (χ0v) is 14.6. The minimum Gasteiger partial charge on any atom is -0.484 e. The first-order valence-electron chi connectivity index (χ1n) is 7.35. The van der Waals surface area contributed by atoms with Gasteiger partial charge in [-0.2, -0.15) is 0 Å². The quantitative estimate of drug-likeness (QED) is 0.680. The molecular weight excluding hydrogens is 393 g/mol. The van der Waals surface area contributed by atoms with E-state index in [4.69, 9.17) is 9.15 Å². The highest BCUT2D eigenvalue weighted by atomic mass is 127. The van der Waals surface area contributed by atoms with Crippen LogP contribution >= 0.6 is 22.6 Å². The Morgan fingerprint density at radius 3 is 2.82 bits per heavy atom. The summed E-state index contributed by atoms with van der Waals surface area (Å²) in [6.07, 6.45) is 2.13. The van der Waals surface area contributed by atoms with Crippen LogP contribution in [-0.4, -0.2) is 23.5 Å². The number of rotatable bonds is 6. The molecule has 1 aromatic carbocycles. The van der Waals surface area contributed by atoms with Gasteiger partial charge in [0.15, 0.2) is 6.61 Å². The zero-order chi connectivity index (χ0) is 15.5. The van der Waals surface area contributed by atoms with Crippen LogP contribution in [-0.2, 0) is 11.3 Å². The van der Waals surface area contributed by atoms with E-state index in [1.807, 2.05) is 48.2 Å². The molecule has 0 spiro atoms. The average molecular weight is 411 g/mol. The number of halogens is 1. The number of furan rings is 1. The molecule has 0 atom stereocenters. The van der Waals surface area contributed by atoms with Gasteiger partial charge in [0.1, 0.15) is 17.3 Å². The maximum absolute atomic E-state index is 12.5. The first-order valence-corrected chi connectivity index (χ1v) is 8.43. The van der Waals surface area contributed by atoms with Crippen molar-refractivity contribution in [2.45, 2.75) is 32.4 Å². The molecule has 0 bridgehead atoms. The fraction of sp³-hybridized carbons (Fsp3) is 0.353. The maximum atomic E-state index is 12.5. The average Bonchev–Trinajstić information content (AvgIpc) is 3.25. The Balaban J connectivity index is 1.60. The Labute approximate surface area is 143 Å². The van der Waals surface area contributed by atoms with Gasteiger partial charge in [-0.1, -0.05) is 6.07 Å². The van der Waals surface area contributed by atoms with Gasteiger partial charge in [-0.15, -0.1) is 0 Å². The molecule has 1 amide bonds. The third kappa shape index (κ3) is 4.03. The van der Waals surface area contributed by atoms with E-state index in [9.17, 15) is 4.79 Å². The van der Waals surface area contributed by atoms with Gasteiger partial charge in [-0.05, 0) is 72.7 Å². The van der Waals surface area contributed by atoms with E-state index >= 15 is 0 Å². The highest BCUT2D eigenvalue weighted by Gasteiger charge is 2.33. The third-order valence-electron chi connectivity index (χ3n) is 3.59. The Kier molecular flexibility index (Phi) is 4.71. The largest absolute Gasteiger partial charge is 0.484 e. The molecule has 1 aromatic heterocycles. The van der Waals surface area contributed by atoms with E-state index in [1.165, 1.54) is 0 Å². The number of hydrogen-bond acceptors (Lipinski definition) is 3. The summed E-state index contributed by atoms with van der Waals surface area (Å²) in [5.74, 6) is 2.43. The SMILES string of the molecule is Cc1ccc(CN(C(=O)COc2cccc(I)c2)C2CC2)o1. The van der Waals surface area contributed by atoms with E-state index in [0.717, 1.165) is 33.7 Å². The second-order valence-corrected chi connectivity index (χ2v) is 6.76. The van der Waals surface area contributed by atoms with Crippen molar-refractivity contribution in [2.75, 3.05) is 6.61 Å². The second kappa shape index (κ2) is 6.73. The van der Waals surface area contributed by atoms with Gasteiger partial charge in [-0.25, -0.2) is 0 Å². The summed E-state index contributed by atoms with van der Waals surface area (Å²) in [7, 11) is 0. The summed E-state index contributed by atoms with van der Waals surface area (Å²) in [5, 5.41) is 0. The van der Waals surface area contributed by atoms with Crippen molar-refractivity contribution in [1.82, 2.24) is 4.90 Å². The van der Waals surface area contributed by atoms with Crippen LogP contribution in [0.4, 0.5) is 0 Å². The Hall–Kier alpha value is -1.50. The van der Waals surface area contributed by atoms with E-state index < -0.39 is 0 Å². The molecule has 1 aliphatic carbocycles. The molecule has 0 radical (unpaired) electrons. The minimum absolute atomic E-state index is 0.00964. The number of carbonyl (C=O) groups excluding carboxylic acids is 1.